The zero-order chi connectivity index (χ0) is 12.4. The lowest BCUT2D eigenvalue weighted by molar-refractivity contribution is 0.288. The van der Waals surface area contributed by atoms with E-state index in [4.69, 9.17) is 0 Å². The van der Waals surface area contributed by atoms with E-state index in [1.807, 2.05) is 11.3 Å². The van der Waals surface area contributed by atoms with E-state index < -0.39 is 0 Å². The Hall–Kier alpha value is 0.1000. The predicted molar refractivity (Wildman–Crippen MR) is 78.8 cm³/mol. The SMILES string of the molecule is CC(CNC1CCCc2sc(Br)cc21)N(C)C. The first-order valence-electron chi connectivity index (χ1n) is 6.26. The Morgan fingerprint density at radius 2 is 2.35 bits per heavy atom. The number of hydrogen-bond acceptors (Lipinski definition) is 3. The molecule has 0 saturated heterocycles. The van der Waals surface area contributed by atoms with E-state index in [1.165, 1.54) is 28.6 Å². The van der Waals surface area contributed by atoms with Gasteiger partial charge >= 0.3 is 0 Å². The summed E-state index contributed by atoms with van der Waals surface area (Å²) >= 11 is 5.51. The molecule has 2 atom stereocenters. The van der Waals surface area contributed by atoms with Gasteiger partial charge < -0.3 is 10.2 Å². The van der Waals surface area contributed by atoms with Crippen molar-refractivity contribution in [3.8, 4) is 0 Å². The van der Waals surface area contributed by atoms with Gasteiger partial charge in [-0.25, -0.2) is 0 Å². The normalized spacial score (nSPS) is 21.6. The summed E-state index contributed by atoms with van der Waals surface area (Å²) in [6, 6.07) is 3.45. The minimum absolute atomic E-state index is 0.559. The Morgan fingerprint density at radius 1 is 1.59 bits per heavy atom. The van der Waals surface area contributed by atoms with Gasteiger partial charge in [0.2, 0.25) is 0 Å². The van der Waals surface area contributed by atoms with Crippen molar-refractivity contribution in [2.45, 2.75) is 38.3 Å². The number of thiophene rings is 1. The van der Waals surface area contributed by atoms with Crippen LogP contribution in [0.1, 0.15) is 36.2 Å². The van der Waals surface area contributed by atoms with Crippen LogP contribution in [0.3, 0.4) is 0 Å². The van der Waals surface area contributed by atoms with Crippen LogP contribution in [-0.2, 0) is 6.42 Å². The van der Waals surface area contributed by atoms with Crippen LogP contribution in [-0.4, -0.2) is 31.6 Å². The standard InChI is InChI=1S/C13H21BrN2S/c1-9(16(2)3)8-15-11-5-4-6-12-10(11)7-13(14)17-12/h7,9,11,15H,4-6,8H2,1-3H3. The predicted octanol–water partition coefficient (Wildman–Crippen LogP) is 3.43. The molecule has 0 aliphatic heterocycles. The second-order valence-corrected chi connectivity index (χ2v) is 7.61. The minimum atomic E-state index is 0.559. The summed E-state index contributed by atoms with van der Waals surface area (Å²) < 4.78 is 1.27. The average molecular weight is 317 g/mol. The Labute approximate surface area is 117 Å². The maximum absolute atomic E-state index is 3.72. The molecule has 1 aliphatic carbocycles. The summed E-state index contributed by atoms with van der Waals surface area (Å²) in [5.41, 5.74) is 1.53. The van der Waals surface area contributed by atoms with Crippen molar-refractivity contribution in [1.29, 1.82) is 0 Å². The third-order valence-electron chi connectivity index (χ3n) is 3.62. The van der Waals surface area contributed by atoms with Crippen LogP contribution < -0.4 is 5.32 Å². The molecular formula is C13H21BrN2S. The van der Waals surface area contributed by atoms with Crippen LogP contribution in [0.4, 0.5) is 0 Å². The molecule has 1 heterocycles. The zero-order valence-corrected chi connectivity index (χ0v) is 13.2. The number of aryl methyl sites for hydroxylation is 1. The number of fused-ring (bicyclic) bond motifs is 1. The van der Waals surface area contributed by atoms with Gasteiger partial charge in [0.05, 0.1) is 3.79 Å². The van der Waals surface area contributed by atoms with Crippen molar-refractivity contribution in [3.05, 3.63) is 20.3 Å². The summed E-state index contributed by atoms with van der Waals surface area (Å²) in [6.45, 7) is 3.32. The molecule has 0 spiro atoms. The number of hydrogen-bond donors (Lipinski definition) is 1. The monoisotopic (exact) mass is 316 g/mol. The molecule has 1 aromatic rings. The van der Waals surface area contributed by atoms with Gasteiger partial charge in [0.15, 0.2) is 0 Å². The third kappa shape index (κ3) is 3.31. The van der Waals surface area contributed by atoms with Crippen molar-refractivity contribution in [1.82, 2.24) is 10.2 Å². The van der Waals surface area contributed by atoms with Crippen LogP contribution in [0.15, 0.2) is 9.85 Å². The highest BCUT2D eigenvalue weighted by atomic mass is 79.9. The lowest BCUT2D eigenvalue weighted by Gasteiger charge is -2.27. The Balaban J connectivity index is 1.99. The quantitative estimate of drug-likeness (QED) is 0.915. The van der Waals surface area contributed by atoms with E-state index in [2.05, 4.69) is 53.2 Å². The fourth-order valence-corrected chi connectivity index (χ4v) is 4.05. The van der Waals surface area contributed by atoms with Crippen LogP contribution in [0.25, 0.3) is 0 Å². The smallest absolute Gasteiger partial charge is 0.0704 e. The molecule has 0 aromatic carbocycles. The van der Waals surface area contributed by atoms with Crippen LogP contribution in [0, 0.1) is 0 Å². The van der Waals surface area contributed by atoms with Crippen LogP contribution >= 0.6 is 27.3 Å². The van der Waals surface area contributed by atoms with Gasteiger partial charge in [0.25, 0.3) is 0 Å². The van der Waals surface area contributed by atoms with Crippen molar-refractivity contribution in [2.75, 3.05) is 20.6 Å². The Kier molecular flexibility index (Phi) is 4.64. The summed E-state index contributed by atoms with van der Waals surface area (Å²) in [6.07, 6.45) is 3.84. The fraction of sp³-hybridized carbons (Fsp3) is 0.692. The largest absolute Gasteiger partial charge is 0.308 e. The fourth-order valence-electron chi connectivity index (χ4n) is 2.23. The number of nitrogens with one attached hydrogen (secondary N) is 1. The third-order valence-corrected chi connectivity index (χ3v) is 5.34. The topological polar surface area (TPSA) is 15.3 Å². The molecule has 0 bridgehead atoms. The molecule has 0 saturated carbocycles. The minimum Gasteiger partial charge on any atom is -0.308 e. The highest BCUT2D eigenvalue weighted by Gasteiger charge is 2.22. The van der Waals surface area contributed by atoms with Gasteiger partial charge in [-0.3, -0.25) is 0 Å². The second-order valence-electron chi connectivity index (χ2n) is 5.09. The lowest BCUT2D eigenvalue weighted by atomic mass is 9.94. The first-order chi connectivity index (χ1) is 8.08. The molecule has 2 nitrogen and oxygen atoms in total. The maximum Gasteiger partial charge on any atom is 0.0704 e. The molecule has 0 fully saturated rings. The molecule has 17 heavy (non-hydrogen) atoms. The van der Waals surface area contributed by atoms with Gasteiger partial charge in [-0.1, -0.05) is 0 Å². The number of likely N-dealkylation sites (N-methyl/N-ethyl adjacent to an activating group) is 1. The molecule has 1 aliphatic rings. The van der Waals surface area contributed by atoms with Gasteiger partial charge in [0.1, 0.15) is 0 Å². The summed E-state index contributed by atoms with van der Waals surface area (Å²) in [5.74, 6) is 0. The highest BCUT2D eigenvalue weighted by molar-refractivity contribution is 9.11. The average Bonchev–Trinajstić information content (AvgIpc) is 2.66. The van der Waals surface area contributed by atoms with Crippen molar-refractivity contribution < 1.29 is 0 Å². The van der Waals surface area contributed by atoms with E-state index in [9.17, 15) is 0 Å². The van der Waals surface area contributed by atoms with Crippen LogP contribution in [0.5, 0.6) is 0 Å². The number of halogens is 1. The molecule has 0 radical (unpaired) electrons. The maximum atomic E-state index is 3.72. The van der Waals surface area contributed by atoms with E-state index in [-0.39, 0.29) is 0 Å². The molecule has 2 unspecified atom stereocenters. The van der Waals surface area contributed by atoms with Crippen LogP contribution in [0.2, 0.25) is 0 Å². The molecule has 2 rings (SSSR count). The van der Waals surface area contributed by atoms with E-state index in [0.717, 1.165) is 6.54 Å². The van der Waals surface area contributed by atoms with E-state index >= 15 is 0 Å². The molecule has 4 heteroatoms. The van der Waals surface area contributed by atoms with Crippen molar-refractivity contribution >= 4 is 27.3 Å². The van der Waals surface area contributed by atoms with Crippen molar-refractivity contribution in [2.24, 2.45) is 0 Å². The summed E-state index contributed by atoms with van der Waals surface area (Å²) in [5, 5.41) is 3.72. The van der Waals surface area contributed by atoms with Gasteiger partial charge in [0, 0.05) is 23.5 Å². The van der Waals surface area contributed by atoms with Crippen molar-refractivity contribution in [3.63, 3.8) is 0 Å². The van der Waals surface area contributed by atoms with Gasteiger partial charge in [-0.15, -0.1) is 11.3 Å². The number of rotatable bonds is 4. The van der Waals surface area contributed by atoms with E-state index in [0.29, 0.717) is 12.1 Å². The molecule has 96 valence electrons. The van der Waals surface area contributed by atoms with E-state index in [1.54, 1.807) is 4.88 Å². The molecule has 0 amide bonds. The molecule has 1 aromatic heterocycles. The Bertz CT molecular complexity index is 375. The van der Waals surface area contributed by atoms with Gasteiger partial charge in [-0.2, -0.15) is 0 Å². The zero-order valence-electron chi connectivity index (χ0n) is 10.8. The Morgan fingerprint density at radius 3 is 3.06 bits per heavy atom. The lowest BCUT2D eigenvalue weighted by Crippen LogP contribution is -2.37. The summed E-state index contributed by atoms with van der Waals surface area (Å²) in [7, 11) is 4.28. The molecule has 1 N–H and O–H groups in total. The summed E-state index contributed by atoms with van der Waals surface area (Å²) in [4.78, 5) is 3.83. The second kappa shape index (κ2) is 5.83. The first-order valence-corrected chi connectivity index (χ1v) is 7.87. The highest BCUT2D eigenvalue weighted by Crippen LogP contribution is 2.37. The molecular weight excluding hydrogens is 296 g/mol. The number of nitrogens with zero attached hydrogens (tertiary/aromatic N) is 1. The first kappa shape index (κ1) is 13.5. The van der Waals surface area contributed by atoms with Gasteiger partial charge in [-0.05, 0) is 67.8 Å².